The summed E-state index contributed by atoms with van der Waals surface area (Å²) in [4.78, 5) is 14.8. The first-order valence-electron chi connectivity index (χ1n) is 5.99. The van der Waals surface area contributed by atoms with Crippen molar-refractivity contribution in [3.05, 3.63) is 47.1 Å². The maximum atomic E-state index is 10.6. The smallest absolute Gasteiger partial charge is 0.240 e. The van der Waals surface area contributed by atoms with Gasteiger partial charge in [-0.3, -0.25) is 10.1 Å². The first-order valence-corrected chi connectivity index (χ1v) is 5.99. The van der Waals surface area contributed by atoms with Crippen LogP contribution in [0.1, 0.15) is 22.8 Å². The molecule has 1 aromatic carbocycles. The lowest BCUT2D eigenvalue weighted by atomic mass is 10.1. The van der Waals surface area contributed by atoms with E-state index in [9.17, 15) is 4.79 Å². The number of nitrogens with zero attached hydrogens (tertiary/aromatic N) is 2. The molecule has 2 aromatic rings. The topological polar surface area (TPSA) is 94.0 Å². The van der Waals surface area contributed by atoms with E-state index in [1.54, 1.807) is 0 Å². The van der Waals surface area contributed by atoms with Crippen molar-refractivity contribution in [3.63, 3.8) is 0 Å². The molecule has 1 amide bonds. The van der Waals surface area contributed by atoms with Crippen LogP contribution in [0.4, 0.5) is 0 Å². The van der Waals surface area contributed by atoms with Crippen molar-refractivity contribution in [3.8, 4) is 0 Å². The van der Waals surface area contributed by atoms with E-state index < -0.39 is 5.91 Å². The van der Waals surface area contributed by atoms with Gasteiger partial charge >= 0.3 is 0 Å². The predicted molar refractivity (Wildman–Crippen MR) is 69.2 cm³/mol. The lowest BCUT2D eigenvalue weighted by Crippen LogP contribution is -2.28. The van der Waals surface area contributed by atoms with Crippen molar-refractivity contribution in [1.29, 1.82) is 0 Å². The average molecular weight is 260 g/mol. The van der Waals surface area contributed by atoms with Gasteiger partial charge in [-0.25, -0.2) is 0 Å². The Bertz CT molecular complexity index is 548. The summed E-state index contributed by atoms with van der Waals surface area (Å²) in [5.41, 5.74) is 7.35. The third kappa shape index (κ3) is 4.18. The lowest BCUT2D eigenvalue weighted by Gasteiger charge is -1.97. The number of primary amides is 1. The molecule has 0 radical (unpaired) electrons. The fourth-order valence-electron chi connectivity index (χ4n) is 1.61. The number of carbonyl (C=O) groups excluding carboxylic acids is 1. The molecule has 6 nitrogen and oxygen atoms in total. The fourth-order valence-corrected chi connectivity index (χ4v) is 1.61. The highest BCUT2D eigenvalue weighted by molar-refractivity contribution is 5.75. The predicted octanol–water partition coefficient (Wildman–Crippen LogP) is 0.544. The minimum atomic E-state index is -0.417. The van der Waals surface area contributed by atoms with E-state index in [0.717, 1.165) is 5.56 Å². The van der Waals surface area contributed by atoms with Gasteiger partial charge < -0.3 is 10.3 Å². The standard InChI is InChI=1S/C13H16N4O2/c1-9-2-4-10(5-3-9)6-12-16-13(19-17-12)8-15-7-11(14)18/h2-5,15H,6-8H2,1H3,(H2,14,18). The Morgan fingerprint density at radius 2 is 2.11 bits per heavy atom. The van der Waals surface area contributed by atoms with Crippen molar-refractivity contribution in [2.45, 2.75) is 19.9 Å². The van der Waals surface area contributed by atoms with Crippen LogP contribution in [-0.4, -0.2) is 22.6 Å². The molecule has 1 heterocycles. The van der Waals surface area contributed by atoms with Crippen LogP contribution in [0.15, 0.2) is 28.8 Å². The zero-order valence-electron chi connectivity index (χ0n) is 10.7. The first kappa shape index (κ1) is 13.2. The molecule has 1 aromatic heterocycles. The summed E-state index contributed by atoms with van der Waals surface area (Å²) in [6.07, 6.45) is 0.625. The quantitative estimate of drug-likeness (QED) is 0.790. The summed E-state index contributed by atoms with van der Waals surface area (Å²) in [6, 6.07) is 8.17. The SMILES string of the molecule is Cc1ccc(Cc2noc(CNCC(N)=O)n2)cc1. The molecule has 0 atom stereocenters. The molecule has 2 rings (SSSR count). The second-order valence-electron chi connectivity index (χ2n) is 4.34. The third-order valence-electron chi connectivity index (χ3n) is 2.57. The molecule has 0 spiro atoms. The Hall–Kier alpha value is -2.21. The van der Waals surface area contributed by atoms with Crippen LogP contribution in [0.2, 0.25) is 0 Å². The first-order chi connectivity index (χ1) is 9.13. The Labute approximate surface area is 111 Å². The number of amides is 1. The summed E-state index contributed by atoms with van der Waals surface area (Å²) in [5, 5.41) is 6.70. The van der Waals surface area contributed by atoms with E-state index >= 15 is 0 Å². The van der Waals surface area contributed by atoms with Crippen LogP contribution in [0, 0.1) is 6.92 Å². The van der Waals surface area contributed by atoms with E-state index in [-0.39, 0.29) is 6.54 Å². The number of aryl methyl sites for hydroxylation is 1. The summed E-state index contributed by atoms with van der Waals surface area (Å²) in [7, 11) is 0. The highest BCUT2D eigenvalue weighted by atomic mass is 16.5. The van der Waals surface area contributed by atoms with Gasteiger partial charge in [0.1, 0.15) is 0 Å². The normalized spacial score (nSPS) is 10.6. The molecule has 6 heteroatoms. The summed E-state index contributed by atoms with van der Waals surface area (Å²) in [5.74, 6) is 0.655. The highest BCUT2D eigenvalue weighted by Crippen LogP contribution is 2.08. The number of nitrogens with two attached hydrogens (primary N) is 1. The Balaban J connectivity index is 1.90. The van der Waals surface area contributed by atoms with Crippen LogP contribution in [-0.2, 0) is 17.8 Å². The highest BCUT2D eigenvalue weighted by Gasteiger charge is 2.07. The summed E-state index contributed by atoms with van der Waals surface area (Å²) >= 11 is 0. The molecule has 0 bridgehead atoms. The van der Waals surface area contributed by atoms with Crippen molar-refractivity contribution < 1.29 is 9.32 Å². The molecule has 0 aliphatic heterocycles. The van der Waals surface area contributed by atoms with Crippen LogP contribution < -0.4 is 11.1 Å². The number of hydrogen-bond donors (Lipinski definition) is 2. The lowest BCUT2D eigenvalue weighted by molar-refractivity contribution is -0.117. The molecule has 0 fully saturated rings. The molecule has 0 saturated carbocycles. The molecule has 0 unspecified atom stereocenters. The Morgan fingerprint density at radius 3 is 2.79 bits per heavy atom. The van der Waals surface area contributed by atoms with E-state index in [4.69, 9.17) is 10.3 Å². The summed E-state index contributed by atoms with van der Waals surface area (Å²) < 4.78 is 5.07. The van der Waals surface area contributed by atoms with Crippen LogP contribution in [0.3, 0.4) is 0 Å². The van der Waals surface area contributed by atoms with Gasteiger partial charge in [0.2, 0.25) is 11.8 Å². The largest absolute Gasteiger partial charge is 0.369 e. The summed E-state index contributed by atoms with van der Waals surface area (Å²) in [6.45, 7) is 2.47. The minimum Gasteiger partial charge on any atom is -0.369 e. The van der Waals surface area contributed by atoms with Gasteiger partial charge in [-0.2, -0.15) is 4.98 Å². The second-order valence-corrected chi connectivity index (χ2v) is 4.34. The number of aromatic nitrogens is 2. The van der Waals surface area contributed by atoms with Crippen LogP contribution >= 0.6 is 0 Å². The van der Waals surface area contributed by atoms with Gasteiger partial charge in [-0.15, -0.1) is 0 Å². The molecule has 0 aliphatic rings. The molecule has 19 heavy (non-hydrogen) atoms. The van der Waals surface area contributed by atoms with Crippen molar-refractivity contribution in [2.24, 2.45) is 5.73 Å². The third-order valence-corrected chi connectivity index (χ3v) is 2.57. The molecule has 3 N–H and O–H groups in total. The zero-order chi connectivity index (χ0) is 13.7. The van der Waals surface area contributed by atoms with Gasteiger partial charge in [0, 0.05) is 6.42 Å². The molecule has 0 saturated heterocycles. The van der Waals surface area contributed by atoms with Crippen molar-refractivity contribution >= 4 is 5.91 Å². The van der Waals surface area contributed by atoms with Crippen molar-refractivity contribution in [2.75, 3.05) is 6.54 Å². The van der Waals surface area contributed by atoms with Gasteiger partial charge in [-0.1, -0.05) is 35.0 Å². The zero-order valence-corrected chi connectivity index (χ0v) is 10.7. The van der Waals surface area contributed by atoms with Gasteiger partial charge in [0.25, 0.3) is 0 Å². The van der Waals surface area contributed by atoms with E-state index in [2.05, 4.69) is 15.5 Å². The average Bonchev–Trinajstić information content (AvgIpc) is 2.79. The maximum Gasteiger partial charge on any atom is 0.240 e. The molecular weight excluding hydrogens is 244 g/mol. The fraction of sp³-hybridized carbons (Fsp3) is 0.308. The van der Waals surface area contributed by atoms with E-state index in [1.165, 1.54) is 5.56 Å². The van der Waals surface area contributed by atoms with Crippen molar-refractivity contribution in [1.82, 2.24) is 15.5 Å². The van der Waals surface area contributed by atoms with Gasteiger partial charge in [-0.05, 0) is 12.5 Å². The monoisotopic (exact) mass is 260 g/mol. The molecule has 0 aliphatic carbocycles. The molecule has 100 valence electrons. The minimum absolute atomic E-state index is 0.0929. The number of hydrogen-bond acceptors (Lipinski definition) is 5. The van der Waals surface area contributed by atoms with Crippen LogP contribution in [0.25, 0.3) is 0 Å². The number of benzene rings is 1. The Kier molecular flexibility index (Phi) is 4.25. The number of carbonyl (C=O) groups is 1. The Morgan fingerprint density at radius 1 is 1.37 bits per heavy atom. The van der Waals surface area contributed by atoms with E-state index in [1.807, 2.05) is 31.2 Å². The maximum absolute atomic E-state index is 10.6. The second kappa shape index (κ2) is 6.10. The van der Waals surface area contributed by atoms with Crippen LogP contribution in [0.5, 0.6) is 0 Å². The number of nitrogens with one attached hydrogen (secondary N) is 1. The number of rotatable bonds is 6. The van der Waals surface area contributed by atoms with E-state index in [0.29, 0.717) is 24.7 Å². The molecular formula is C13H16N4O2. The van der Waals surface area contributed by atoms with Gasteiger partial charge in [0.05, 0.1) is 13.1 Å². The van der Waals surface area contributed by atoms with Gasteiger partial charge in [0.15, 0.2) is 5.82 Å².